The Morgan fingerprint density at radius 3 is 2.93 bits per heavy atom. The predicted molar refractivity (Wildman–Crippen MR) is 112 cm³/mol. The topological polar surface area (TPSA) is 42.4 Å². The van der Waals surface area contributed by atoms with Gasteiger partial charge in [0.05, 0.1) is 27.9 Å². The average Bonchev–Trinajstić information content (AvgIpc) is 3.17. The monoisotopic (exact) mass is 398 g/mol. The van der Waals surface area contributed by atoms with Gasteiger partial charge in [-0.3, -0.25) is 4.79 Å². The summed E-state index contributed by atoms with van der Waals surface area (Å²) < 4.78 is 6.69. The molecule has 0 bridgehead atoms. The van der Waals surface area contributed by atoms with Gasteiger partial charge in [0.1, 0.15) is 5.75 Å². The van der Waals surface area contributed by atoms with Crippen molar-refractivity contribution in [1.82, 2.24) is 9.88 Å². The lowest BCUT2D eigenvalue weighted by Gasteiger charge is -2.32. The number of thioether (sulfide) groups is 1. The highest BCUT2D eigenvalue weighted by Crippen LogP contribution is 2.34. The van der Waals surface area contributed by atoms with Crippen LogP contribution in [0.1, 0.15) is 34.1 Å². The summed E-state index contributed by atoms with van der Waals surface area (Å²) in [5, 5.41) is 1.14. The first-order valence-corrected chi connectivity index (χ1v) is 11.1. The number of nitrogens with zero attached hydrogens (tertiary/aromatic N) is 2. The number of carbonyl (C=O) groups is 1. The molecule has 0 aliphatic carbocycles. The van der Waals surface area contributed by atoms with Crippen LogP contribution < -0.4 is 4.74 Å². The van der Waals surface area contributed by atoms with Crippen molar-refractivity contribution in [2.45, 2.75) is 23.7 Å². The molecule has 2 heterocycles. The van der Waals surface area contributed by atoms with Crippen LogP contribution in [-0.4, -0.2) is 42.2 Å². The van der Waals surface area contributed by atoms with Crippen LogP contribution in [0.3, 0.4) is 0 Å². The number of carbonyl (C=O) groups excluding carboxylic acids is 1. The van der Waals surface area contributed by atoms with Crippen LogP contribution in [0.5, 0.6) is 5.75 Å². The summed E-state index contributed by atoms with van der Waals surface area (Å²) in [5.74, 6) is 0.996. The van der Waals surface area contributed by atoms with Gasteiger partial charge in [0.15, 0.2) is 0 Å². The number of amides is 1. The average molecular weight is 399 g/mol. The van der Waals surface area contributed by atoms with E-state index in [1.54, 1.807) is 30.2 Å². The standard InChI is InChI=1S/C21H22N2O2S2/c1-25-18-12-15(26-2)9-10-16(18)21(24)23-11-5-6-14(13-23)20-22-17-7-3-4-8-19(17)27-20/h3-4,7-10,12,14H,5-6,11,13H2,1-2H3/t14-/m1/s1. The third-order valence-corrected chi connectivity index (χ3v) is 6.93. The first-order chi connectivity index (χ1) is 13.2. The molecule has 1 aliphatic heterocycles. The largest absolute Gasteiger partial charge is 0.496 e. The van der Waals surface area contributed by atoms with Gasteiger partial charge in [-0.1, -0.05) is 12.1 Å². The lowest BCUT2D eigenvalue weighted by atomic mass is 9.98. The molecule has 27 heavy (non-hydrogen) atoms. The van der Waals surface area contributed by atoms with Crippen molar-refractivity contribution in [1.29, 1.82) is 0 Å². The van der Waals surface area contributed by atoms with Gasteiger partial charge in [-0.05, 0) is 49.4 Å². The van der Waals surface area contributed by atoms with Crippen LogP contribution >= 0.6 is 23.1 Å². The fourth-order valence-corrected chi connectivity index (χ4v) is 5.10. The van der Waals surface area contributed by atoms with Crippen LogP contribution in [0.25, 0.3) is 10.2 Å². The van der Waals surface area contributed by atoms with E-state index in [1.165, 1.54) is 4.70 Å². The van der Waals surface area contributed by atoms with E-state index in [4.69, 9.17) is 9.72 Å². The zero-order chi connectivity index (χ0) is 18.8. The molecular weight excluding hydrogens is 376 g/mol. The number of likely N-dealkylation sites (tertiary alicyclic amines) is 1. The number of hydrogen-bond donors (Lipinski definition) is 0. The van der Waals surface area contributed by atoms with Gasteiger partial charge in [0.25, 0.3) is 5.91 Å². The number of hydrogen-bond acceptors (Lipinski definition) is 5. The van der Waals surface area contributed by atoms with Gasteiger partial charge < -0.3 is 9.64 Å². The van der Waals surface area contributed by atoms with Crippen molar-refractivity contribution < 1.29 is 9.53 Å². The SMILES string of the molecule is COc1cc(SC)ccc1C(=O)N1CCC[C@@H](c2nc3ccccc3s2)C1. The summed E-state index contributed by atoms with van der Waals surface area (Å²) >= 11 is 3.39. The predicted octanol–water partition coefficient (Wildman–Crippen LogP) is 5.05. The Balaban J connectivity index is 1.56. The molecule has 4 rings (SSSR count). The molecule has 1 atom stereocenters. The molecule has 0 spiro atoms. The smallest absolute Gasteiger partial charge is 0.257 e. The molecule has 0 saturated carbocycles. The fourth-order valence-electron chi connectivity index (χ4n) is 3.57. The number of aromatic nitrogens is 1. The molecule has 1 aliphatic rings. The first-order valence-electron chi connectivity index (χ1n) is 9.06. The number of methoxy groups -OCH3 is 1. The summed E-state index contributed by atoms with van der Waals surface area (Å²) in [4.78, 5) is 21.0. The lowest BCUT2D eigenvalue weighted by Crippen LogP contribution is -2.39. The number of thiazole rings is 1. The van der Waals surface area contributed by atoms with Gasteiger partial charge in [0.2, 0.25) is 0 Å². The van der Waals surface area contributed by atoms with Crippen molar-refractivity contribution in [3.05, 3.63) is 53.0 Å². The van der Waals surface area contributed by atoms with Crippen LogP contribution in [0.2, 0.25) is 0 Å². The van der Waals surface area contributed by atoms with Crippen molar-refractivity contribution >= 4 is 39.2 Å². The fraction of sp³-hybridized carbons (Fsp3) is 0.333. The van der Waals surface area contributed by atoms with E-state index >= 15 is 0 Å². The number of fused-ring (bicyclic) bond motifs is 1. The number of benzene rings is 2. The van der Waals surface area contributed by atoms with E-state index in [0.29, 0.717) is 23.8 Å². The Bertz CT molecular complexity index is 937. The molecule has 4 nitrogen and oxygen atoms in total. The van der Waals surface area contributed by atoms with E-state index in [0.717, 1.165) is 34.8 Å². The van der Waals surface area contributed by atoms with Crippen molar-refractivity contribution in [2.24, 2.45) is 0 Å². The second-order valence-electron chi connectivity index (χ2n) is 6.68. The number of rotatable bonds is 4. The summed E-state index contributed by atoms with van der Waals surface area (Å²) in [7, 11) is 1.62. The summed E-state index contributed by atoms with van der Waals surface area (Å²) in [6, 6.07) is 14.0. The molecule has 3 aromatic rings. The second kappa shape index (κ2) is 7.90. The third kappa shape index (κ3) is 3.69. The van der Waals surface area contributed by atoms with E-state index in [-0.39, 0.29) is 5.91 Å². The minimum absolute atomic E-state index is 0.0466. The Morgan fingerprint density at radius 2 is 2.15 bits per heavy atom. The summed E-state index contributed by atoms with van der Waals surface area (Å²) in [5.41, 5.74) is 1.69. The quantitative estimate of drug-likeness (QED) is 0.577. The molecule has 6 heteroatoms. The highest BCUT2D eigenvalue weighted by atomic mass is 32.2. The van der Waals surface area contributed by atoms with Gasteiger partial charge >= 0.3 is 0 Å². The molecule has 1 aromatic heterocycles. The van der Waals surface area contributed by atoms with Crippen LogP contribution in [0.4, 0.5) is 0 Å². The summed E-state index contributed by atoms with van der Waals surface area (Å²) in [6.45, 7) is 1.50. The van der Waals surface area contributed by atoms with Gasteiger partial charge in [-0.2, -0.15) is 0 Å². The Kier molecular flexibility index (Phi) is 5.36. The van der Waals surface area contributed by atoms with Crippen molar-refractivity contribution in [3.63, 3.8) is 0 Å². The number of piperidine rings is 1. The maximum absolute atomic E-state index is 13.2. The van der Waals surface area contributed by atoms with E-state index < -0.39 is 0 Å². The van der Waals surface area contributed by atoms with Crippen molar-refractivity contribution in [3.8, 4) is 5.75 Å². The van der Waals surface area contributed by atoms with E-state index in [9.17, 15) is 4.79 Å². The third-order valence-electron chi connectivity index (χ3n) is 5.01. The Morgan fingerprint density at radius 1 is 1.30 bits per heavy atom. The second-order valence-corrected chi connectivity index (χ2v) is 8.62. The molecular formula is C21H22N2O2S2. The maximum Gasteiger partial charge on any atom is 0.257 e. The van der Waals surface area contributed by atoms with Crippen LogP contribution in [0.15, 0.2) is 47.4 Å². The van der Waals surface area contributed by atoms with Gasteiger partial charge in [0, 0.05) is 23.9 Å². The maximum atomic E-state index is 13.2. The minimum atomic E-state index is 0.0466. The van der Waals surface area contributed by atoms with E-state index in [2.05, 4.69) is 12.1 Å². The molecule has 0 unspecified atom stereocenters. The highest BCUT2D eigenvalue weighted by molar-refractivity contribution is 7.98. The molecule has 1 fully saturated rings. The molecule has 2 aromatic carbocycles. The van der Waals surface area contributed by atoms with Gasteiger partial charge in [-0.15, -0.1) is 23.1 Å². The number of ether oxygens (including phenoxy) is 1. The molecule has 0 radical (unpaired) electrons. The first kappa shape index (κ1) is 18.3. The highest BCUT2D eigenvalue weighted by Gasteiger charge is 2.28. The molecule has 1 amide bonds. The molecule has 1 saturated heterocycles. The van der Waals surface area contributed by atoms with E-state index in [1.807, 2.05) is 41.5 Å². The molecule has 140 valence electrons. The lowest BCUT2D eigenvalue weighted by molar-refractivity contribution is 0.0703. The van der Waals surface area contributed by atoms with Crippen molar-refractivity contribution in [2.75, 3.05) is 26.5 Å². The molecule has 0 N–H and O–H groups in total. The Labute approximate surface area is 167 Å². The zero-order valence-electron chi connectivity index (χ0n) is 15.5. The Hall–Kier alpha value is -2.05. The normalized spacial score (nSPS) is 17.3. The zero-order valence-corrected chi connectivity index (χ0v) is 17.1. The van der Waals surface area contributed by atoms with Crippen LogP contribution in [0, 0.1) is 0 Å². The summed E-state index contributed by atoms with van der Waals surface area (Å²) in [6.07, 6.45) is 4.09. The van der Waals surface area contributed by atoms with Crippen LogP contribution in [-0.2, 0) is 0 Å². The van der Waals surface area contributed by atoms with Gasteiger partial charge in [-0.25, -0.2) is 4.98 Å². The number of para-hydroxylation sites is 1. The minimum Gasteiger partial charge on any atom is -0.496 e.